The Bertz CT molecular complexity index is 384. The van der Waals surface area contributed by atoms with E-state index < -0.39 is 0 Å². The molecular weight excluding hydrogens is 194 g/mol. The van der Waals surface area contributed by atoms with E-state index in [0.717, 1.165) is 29.7 Å². The number of anilines is 1. The lowest BCUT2D eigenvalue weighted by Crippen LogP contribution is -2.49. The van der Waals surface area contributed by atoms with Crippen molar-refractivity contribution in [3.05, 3.63) is 30.3 Å². The number of rotatable bonds is 2. The lowest BCUT2D eigenvalue weighted by Gasteiger charge is -2.48. The Morgan fingerprint density at radius 1 is 0.938 bits per heavy atom. The van der Waals surface area contributed by atoms with Crippen LogP contribution in [-0.4, -0.2) is 6.04 Å². The first-order valence-electron chi connectivity index (χ1n) is 6.73. The summed E-state index contributed by atoms with van der Waals surface area (Å²) in [5, 5.41) is 3.73. The molecule has 2 bridgehead atoms. The summed E-state index contributed by atoms with van der Waals surface area (Å²) in [6.07, 6.45) is 6.02. The Labute approximate surface area is 97.2 Å². The summed E-state index contributed by atoms with van der Waals surface area (Å²) < 4.78 is 0. The van der Waals surface area contributed by atoms with Gasteiger partial charge in [-0.25, -0.2) is 0 Å². The molecule has 1 heteroatoms. The molecule has 0 heterocycles. The third kappa shape index (κ3) is 1.17. The van der Waals surface area contributed by atoms with Crippen LogP contribution >= 0.6 is 0 Å². The molecule has 3 saturated carbocycles. The molecule has 3 aliphatic carbocycles. The van der Waals surface area contributed by atoms with Crippen LogP contribution in [0.4, 0.5) is 5.69 Å². The van der Waals surface area contributed by atoms with E-state index in [-0.39, 0.29) is 0 Å². The maximum Gasteiger partial charge on any atom is 0.0342 e. The van der Waals surface area contributed by atoms with Crippen LogP contribution in [0.5, 0.6) is 0 Å². The van der Waals surface area contributed by atoms with Gasteiger partial charge in [-0.05, 0) is 61.5 Å². The van der Waals surface area contributed by atoms with Crippen molar-refractivity contribution in [1.29, 1.82) is 0 Å². The van der Waals surface area contributed by atoms with Crippen molar-refractivity contribution in [3.63, 3.8) is 0 Å². The van der Waals surface area contributed by atoms with Crippen LogP contribution < -0.4 is 5.32 Å². The zero-order valence-corrected chi connectivity index (χ0v) is 9.60. The molecule has 3 aliphatic rings. The van der Waals surface area contributed by atoms with Crippen molar-refractivity contribution < 1.29 is 0 Å². The zero-order valence-electron chi connectivity index (χ0n) is 9.60. The van der Waals surface area contributed by atoms with Gasteiger partial charge in [0.25, 0.3) is 0 Å². The monoisotopic (exact) mass is 213 g/mol. The number of hydrogen-bond acceptors (Lipinski definition) is 1. The third-order valence-electron chi connectivity index (χ3n) is 5.27. The summed E-state index contributed by atoms with van der Waals surface area (Å²) in [6.45, 7) is 0. The molecular formula is C15H19N. The van der Waals surface area contributed by atoms with Gasteiger partial charge in [-0.2, -0.15) is 0 Å². The van der Waals surface area contributed by atoms with Gasteiger partial charge in [0, 0.05) is 11.7 Å². The van der Waals surface area contributed by atoms with Gasteiger partial charge in [-0.15, -0.1) is 0 Å². The van der Waals surface area contributed by atoms with Crippen LogP contribution in [0.1, 0.15) is 25.7 Å². The van der Waals surface area contributed by atoms with Crippen LogP contribution in [0, 0.1) is 23.7 Å². The minimum absolute atomic E-state index is 0.780. The van der Waals surface area contributed by atoms with Gasteiger partial charge in [-0.1, -0.05) is 18.2 Å². The van der Waals surface area contributed by atoms with Gasteiger partial charge in [0.15, 0.2) is 0 Å². The predicted octanol–water partition coefficient (Wildman–Crippen LogP) is 3.53. The van der Waals surface area contributed by atoms with Crippen molar-refractivity contribution in [1.82, 2.24) is 0 Å². The molecule has 0 radical (unpaired) electrons. The minimum atomic E-state index is 0.780. The molecule has 0 aliphatic heterocycles. The first-order chi connectivity index (χ1) is 7.92. The molecule has 3 fully saturated rings. The first-order valence-corrected chi connectivity index (χ1v) is 6.73. The number of fused-ring (bicyclic) bond motifs is 5. The fraction of sp³-hybridized carbons (Fsp3) is 0.600. The van der Waals surface area contributed by atoms with Gasteiger partial charge in [0.2, 0.25) is 0 Å². The van der Waals surface area contributed by atoms with E-state index >= 15 is 0 Å². The summed E-state index contributed by atoms with van der Waals surface area (Å²) >= 11 is 0. The topological polar surface area (TPSA) is 12.0 Å². The van der Waals surface area contributed by atoms with Crippen molar-refractivity contribution in [3.8, 4) is 0 Å². The lowest BCUT2D eigenvalue weighted by atomic mass is 9.62. The molecule has 0 saturated heterocycles. The predicted molar refractivity (Wildman–Crippen MR) is 66.3 cm³/mol. The summed E-state index contributed by atoms with van der Waals surface area (Å²) in [5.41, 5.74) is 1.31. The second kappa shape index (κ2) is 3.26. The van der Waals surface area contributed by atoms with Gasteiger partial charge in [-0.3, -0.25) is 0 Å². The summed E-state index contributed by atoms with van der Waals surface area (Å²) in [5.74, 6) is 4.26. The SMILES string of the molecule is c1ccc(N[C@@H]2C[C@@H]3C4CCC(C4)[C@@H]32)cc1. The van der Waals surface area contributed by atoms with Gasteiger partial charge < -0.3 is 5.32 Å². The maximum absolute atomic E-state index is 3.73. The van der Waals surface area contributed by atoms with Crippen LogP contribution in [0.15, 0.2) is 30.3 Å². The molecule has 0 aromatic heterocycles. The van der Waals surface area contributed by atoms with E-state index in [9.17, 15) is 0 Å². The van der Waals surface area contributed by atoms with E-state index in [4.69, 9.17) is 0 Å². The fourth-order valence-corrected chi connectivity index (χ4v) is 4.59. The molecule has 2 unspecified atom stereocenters. The quantitative estimate of drug-likeness (QED) is 0.792. The Kier molecular flexibility index (Phi) is 1.85. The van der Waals surface area contributed by atoms with Crippen LogP contribution in [0.2, 0.25) is 0 Å². The highest BCUT2D eigenvalue weighted by atomic mass is 15.0. The van der Waals surface area contributed by atoms with Gasteiger partial charge in [0.05, 0.1) is 0 Å². The summed E-state index contributed by atoms with van der Waals surface area (Å²) in [6, 6.07) is 11.5. The first kappa shape index (κ1) is 9.09. The molecule has 84 valence electrons. The van der Waals surface area contributed by atoms with Crippen molar-refractivity contribution >= 4 is 5.69 Å². The summed E-state index contributed by atoms with van der Waals surface area (Å²) in [4.78, 5) is 0. The van der Waals surface area contributed by atoms with Crippen LogP contribution in [-0.2, 0) is 0 Å². The number of benzene rings is 1. The Hall–Kier alpha value is -0.980. The molecule has 1 aromatic rings. The molecule has 16 heavy (non-hydrogen) atoms. The van der Waals surface area contributed by atoms with Crippen LogP contribution in [0.25, 0.3) is 0 Å². The average Bonchev–Trinajstić information content (AvgIpc) is 2.83. The Morgan fingerprint density at radius 3 is 2.56 bits per heavy atom. The highest BCUT2D eigenvalue weighted by molar-refractivity contribution is 5.44. The van der Waals surface area contributed by atoms with E-state index in [1.807, 2.05) is 0 Å². The van der Waals surface area contributed by atoms with E-state index in [2.05, 4.69) is 35.6 Å². The lowest BCUT2D eigenvalue weighted by molar-refractivity contribution is 0.0832. The molecule has 1 aromatic carbocycles. The molecule has 4 rings (SSSR count). The summed E-state index contributed by atoms with van der Waals surface area (Å²) in [7, 11) is 0. The fourth-order valence-electron chi connectivity index (χ4n) is 4.59. The van der Waals surface area contributed by atoms with E-state index in [0.29, 0.717) is 0 Å². The normalized spacial score (nSPS) is 43.9. The van der Waals surface area contributed by atoms with E-state index in [1.54, 1.807) is 6.42 Å². The van der Waals surface area contributed by atoms with Crippen molar-refractivity contribution in [2.75, 3.05) is 5.32 Å². The second-order valence-corrected chi connectivity index (χ2v) is 5.93. The highest BCUT2D eigenvalue weighted by Crippen LogP contribution is 2.61. The smallest absolute Gasteiger partial charge is 0.0342 e. The molecule has 1 N–H and O–H groups in total. The molecule has 0 spiro atoms. The van der Waals surface area contributed by atoms with Gasteiger partial charge in [0.1, 0.15) is 0 Å². The van der Waals surface area contributed by atoms with Crippen LogP contribution in [0.3, 0.4) is 0 Å². The standard InChI is InChI=1S/C15H19N/c1-2-4-12(5-3-1)16-14-9-13-10-6-7-11(8-10)15(13)14/h1-5,10-11,13-16H,6-9H2/t10?,11?,13-,14-,15+/m1/s1. The number of para-hydroxylation sites is 1. The second-order valence-electron chi connectivity index (χ2n) is 5.93. The number of hydrogen-bond donors (Lipinski definition) is 1. The number of nitrogens with one attached hydrogen (secondary N) is 1. The molecule has 5 atom stereocenters. The Morgan fingerprint density at radius 2 is 1.75 bits per heavy atom. The van der Waals surface area contributed by atoms with Crippen molar-refractivity contribution in [2.45, 2.75) is 31.7 Å². The molecule has 0 amide bonds. The maximum atomic E-state index is 3.73. The largest absolute Gasteiger partial charge is 0.382 e. The zero-order chi connectivity index (χ0) is 10.5. The van der Waals surface area contributed by atoms with Gasteiger partial charge >= 0.3 is 0 Å². The third-order valence-corrected chi connectivity index (χ3v) is 5.27. The Balaban J connectivity index is 1.48. The average molecular weight is 213 g/mol. The molecule has 1 nitrogen and oxygen atoms in total. The van der Waals surface area contributed by atoms with E-state index in [1.165, 1.54) is 24.9 Å². The highest BCUT2D eigenvalue weighted by Gasteiger charge is 2.56. The van der Waals surface area contributed by atoms with Crippen molar-refractivity contribution in [2.24, 2.45) is 23.7 Å². The minimum Gasteiger partial charge on any atom is -0.382 e.